The van der Waals surface area contributed by atoms with Crippen LogP contribution < -0.4 is 0 Å². The van der Waals surface area contributed by atoms with Crippen molar-refractivity contribution in [1.29, 1.82) is 0 Å². The lowest BCUT2D eigenvalue weighted by atomic mass is 9.93. The Morgan fingerprint density at radius 3 is 2.71 bits per heavy atom. The van der Waals surface area contributed by atoms with Crippen LogP contribution in [0.5, 0.6) is 0 Å². The Morgan fingerprint density at radius 1 is 1.29 bits per heavy atom. The SMILES string of the molecule is CCN(CC)C1CCN(C2CCCC(=O)C2)C1. The van der Waals surface area contributed by atoms with Gasteiger partial charge >= 0.3 is 0 Å². The molecule has 2 rings (SSSR count). The van der Waals surface area contributed by atoms with Crippen molar-refractivity contribution in [3.05, 3.63) is 0 Å². The molecule has 0 aromatic rings. The van der Waals surface area contributed by atoms with Crippen molar-refractivity contribution in [2.24, 2.45) is 0 Å². The van der Waals surface area contributed by atoms with Crippen molar-refractivity contribution < 1.29 is 4.79 Å². The highest BCUT2D eigenvalue weighted by Gasteiger charge is 2.32. The first-order chi connectivity index (χ1) is 8.24. The third-order valence-electron chi connectivity index (χ3n) is 4.50. The third kappa shape index (κ3) is 3.08. The predicted octanol–water partition coefficient (Wildman–Crippen LogP) is 1.91. The van der Waals surface area contributed by atoms with Gasteiger partial charge in [-0.25, -0.2) is 0 Å². The summed E-state index contributed by atoms with van der Waals surface area (Å²) in [6, 6.07) is 1.28. The molecule has 0 N–H and O–H groups in total. The molecular formula is C14H26N2O. The Kier molecular flexibility index (Phi) is 4.57. The second kappa shape index (κ2) is 5.96. The van der Waals surface area contributed by atoms with Gasteiger partial charge in [0.15, 0.2) is 0 Å². The van der Waals surface area contributed by atoms with Gasteiger partial charge in [-0.05, 0) is 32.4 Å². The summed E-state index contributed by atoms with van der Waals surface area (Å²) in [6.07, 6.45) is 5.26. The van der Waals surface area contributed by atoms with E-state index in [9.17, 15) is 4.79 Å². The van der Waals surface area contributed by atoms with Crippen LogP contribution in [0.3, 0.4) is 0 Å². The number of nitrogens with zero attached hydrogens (tertiary/aromatic N) is 2. The third-order valence-corrected chi connectivity index (χ3v) is 4.50. The number of likely N-dealkylation sites (N-methyl/N-ethyl adjacent to an activating group) is 1. The Balaban J connectivity index is 1.86. The first-order valence-electron chi connectivity index (χ1n) is 7.24. The van der Waals surface area contributed by atoms with E-state index in [1.165, 1.54) is 25.9 Å². The van der Waals surface area contributed by atoms with Crippen LogP contribution in [0.4, 0.5) is 0 Å². The molecule has 0 radical (unpaired) electrons. The molecule has 3 heteroatoms. The maximum Gasteiger partial charge on any atom is 0.134 e. The summed E-state index contributed by atoms with van der Waals surface area (Å²) >= 11 is 0. The summed E-state index contributed by atoms with van der Waals surface area (Å²) in [7, 11) is 0. The normalized spacial score (nSPS) is 31.4. The van der Waals surface area contributed by atoms with Crippen molar-refractivity contribution in [3.63, 3.8) is 0 Å². The Hall–Kier alpha value is -0.410. The summed E-state index contributed by atoms with van der Waals surface area (Å²) in [4.78, 5) is 16.7. The van der Waals surface area contributed by atoms with Gasteiger partial charge in [0.2, 0.25) is 0 Å². The minimum Gasteiger partial charge on any atom is -0.300 e. The van der Waals surface area contributed by atoms with Crippen molar-refractivity contribution in [2.75, 3.05) is 26.2 Å². The largest absolute Gasteiger partial charge is 0.300 e. The van der Waals surface area contributed by atoms with E-state index in [0.717, 1.165) is 38.4 Å². The Morgan fingerprint density at radius 2 is 2.06 bits per heavy atom. The summed E-state index contributed by atoms with van der Waals surface area (Å²) < 4.78 is 0. The molecule has 2 fully saturated rings. The van der Waals surface area contributed by atoms with Gasteiger partial charge in [-0.1, -0.05) is 13.8 Å². The molecule has 0 aromatic carbocycles. The average Bonchev–Trinajstić information content (AvgIpc) is 2.80. The molecule has 1 heterocycles. The topological polar surface area (TPSA) is 23.6 Å². The number of carbonyl (C=O) groups is 1. The van der Waals surface area contributed by atoms with E-state index < -0.39 is 0 Å². The molecule has 1 saturated heterocycles. The van der Waals surface area contributed by atoms with Gasteiger partial charge < -0.3 is 0 Å². The van der Waals surface area contributed by atoms with Crippen molar-refractivity contribution >= 4 is 5.78 Å². The van der Waals surface area contributed by atoms with Crippen LogP contribution in [0.2, 0.25) is 0 Å². The molecular weight excluding hydrogens is 212 g/mol. The lowest BCUT2D eigenvalue weighted by Crippen LogP contribution is -2.41. The molecule has 1 aliphatic heterocycles. The molecule has 0 amide bonds. The van der Waals surface area contributed by atoms with E-state index in [1.807, 2.05) is 0 Å². The number of ketones is 1. The molecule has 0 aromatic heterocycles. The van der Waals surface area contributed by atoms with Gasteiger partial charge in [-0.15, -0.1) is 0 Å². The summed E-state index contributed by atoms with van der Waals surface area (Å²) in [6.45, 7) is 9.17. The van der Waals surface area contributed by atoms with Gasteiger partial charge in [0.25, 0.3) is 0 Å². The van der Waals surface area contributed by atoms with E-state index in [4.69, 9.17) is 0 Å². The zero-order chi connectivity index (χ0) is 12.3. The van der Waals surface area contributed by atoms with Gasteiger partial charge in [0.1, 0.15) is 5.78 Å². The van der Waals surface area contributed by atoms with Crippen molar-refractivity contribution in [3.8, 4) is 0 Å². The van der Waals surface area contributed by atoms with E-state index in [2.05, 4.69) is 23.6 Å². The molecule has 2 atom stereocenters. The molecule has 98 valence electrons. The van der Waals surface area contributed by atoms with Crippen LogP contribution in [-0.4, -0.2) is 53.8 Å². The molecule has 3 nitrogen and oxygen atoms in total. The number of likely N-dealkylation sites (tertiary alicyclic amines) is 1. The second-order valence-electron chi connectivity index (χ2n) is 5.45. The average molecular weight is 238 g/mol. The molecule has 17 heavy (non-hydrogen) atoms. The maximum absolute atomic E-state index is 11.5. The lowest BCUT2D eigenvalue weighted by Gasteiger charge is -2.32. The lowest BCUT2D eigenvalue weighted by molar-refractivity contribution is -0.121. The fourth-order valence-corrected chi connectivity index (χ4v) is 3.45. The van der Waals surface area contributed by atoms with Crippen molar-refractivity contribution in [1.82, 2.24) is 9.80 Å². The highest BCUT2D eigenvalue weighted by atomic mass is 16.1. The molecule has 1 aliphatic carbocycles. The minimum absolute atomic E-state index is 0.479. The molecule has 1 saturated carbocycles. The van der Waals surface area contributed by atoms with E-state index in [0.29, 0.717) is 11.8 Å². The van der Waals surface area contributed by atoms with Gasteiger partial charge in [-0.3, -0.25) is 14.6 Å². The van der Waals surface area contributed by atoms with Crippen LogP contribution in [0.25, 0.3) is 0 Å². The van der Waals surface area contributed by atoms with E-state index >= 15 is 0 Å². The molecule has 0 bridgehead atoms. The van der Waals surface area contributed by atoms with Crippen LogP contribution in [-0.2, 0) is 4.79 Å². The predicted molar refractivity (Wildman–Crippen MR) is 70.2 cm³/mol. The van der Waals surface area contributed by atoms with Gasteiger partial charge in [0.05, 0.1) is 0 Å². The minimum atomic E-state index is 0.479. The standard InChI is InChI=1S/C14H26N2O/c1-3-15(4-2)13-8-9-16(11-13)12-6-5-7-14(17)10-12/h12-13H,3-11H2,1-2H3. The highest BCUT2D eigenvalue weighted by molar-refractivity contribution is 5.79. The fourth-order valence-electron chi connectivity index (χ4n) is 3.45. The van der Waals surface area contributed by atoms with Gasteiger partial charge in [0, 0.05) is 38.0 Å². The van der Waals surface area contributed by atoms with E-state index in [-0.39, 0.29) is 0 Å². The Bertz CT molecular complexity index is 263. The van der Waals surface area contributed by atoms with Gasteiger partial charge in [-0.2, -0.15) is 0 Å². The second-order valence-corrected chi connectivity index (χ2v) is 5.45. The number of hydrogen-bond acceptors (Lipinski definition) is 3. The molecule has 0 spiro atoms. The van der Waals surface area contributed by atoms with Crippen LogP contribution in [0.1, 0.15) is 46.0 Å². The number of hydrogen-bond donors (Lipinski definition) is 0. The smallest absolute Gasteiger partial charge is 0.134 e. The van der Waals surface area contributed by atoms with Crippen LogP contribution >= 0.6 is 0 Å². The monoisotopic (exact) mass is 238 g/mol. The van der Waals surface area contributed by atoms with Crippen molar-refractivity contribution in [2.45, 2.75) is 58.0 Å². The maximum atomic E-state index is 11.5. The molecule has 2 unspecified atom stereocenters. The quantitative estimate of drug-likeness (QED) is 0.747. The summed E-state index contributed by atoms with van der Waals surface area (Å²) in [5.41, 5.74) is 0. The summed E-state index contributed by atoms with van der Waals surface area (Å²) in [5.74, 6) is 0.479. The zero-order valence-corrected chi connectivity index (χ0v) is 11.3. The number of rotatable bonds is 4. The first kappa shape index (κ1) is 13.0. The first-order valence-corrected chi connectivity index (χ1v) is 7.24. The fraction of sp³-hybridized carbons (Fsp3) is 0.929. The highest BCUT2D eigenvalue weighted by Crippen LogP contribution is 2.25. The van der Waals surface area contributed by atoms with Crippen LogP contribution in [0, 0.1) is 0 Å². The zero-order valence-electron chi connectivity index (χ0n) is 11.3. The summed E-state index contributed by atoms with van der Waals surface area (Å²) in [5, 5.41) is 0. The van der Waals surface area contributed by atoms with E-state index in [1.54, 1.807) is 0 Å². The number of Topliss-reactive ketones (excluding diaryl/α,β-unsaturated/α-hetero) is 1. The van der Waals surface area contributed by atoms with Crippen LogP contribution in [0.15, 0.2) is 0 Å². The Labute approximate surface area is 105 Å². The number of carbonyl (C=O) groups excluding carboxylic acids is 1. The molecule has 2 aliphatic rings.